The number of hydrogen-bond acceptors (Lipinski definition) is 3. The summed E-state index contributed by atoms with van der Waals surface area (Å²) >= 11 is 6.27. The lowest BCUT2D eigenvalue weighted by Gasteiger charge is -2.20. The van der Waals surface area contributed by atoms with Gasteiger partial charge in [0.1, 0.15) is 18.2 Å². The van der Waals surface area contributed by atoms with Gasteiger partial charge in [0.05, 0.1) is 17.6 Å². The second-order valence-corrected chi connectivity index (χ2v) is 9.14. The summed E-state index contributed by atoms with van der Waals surface area (Å²) in [5.41, 5.74) is 4.10. The molecule has 4 rings (SSSR count). The molecule has 1 aliphatic rings. The van der Waals surface area contributed by atoms with E-state index < -0.39 is 0 Å². The van der Waals surface area contributed by atoms with Gasteiger partial charge in [-0.3, -0.25) is 4.79 Å². The van der Waals surface area contributed by atoms with Crippen LogP contribution in [0.15, 0.2) is 36.4 Å². The summed E-state index contributed by atoms with van der Waals surface area (Å²) in [5.74, 6) is 2.18. The maximum Gasteiger partial charge on any atom is 0.223 e. The number of ether oxygens (including phenoxy) is 1. The van der Waals surface area contributed by atoms with Crippen LogP contribution < -0.4 is 10.1 Å². The zero-order valence-corrected chi connectivity index (χ0v) is 19.8. The molecule has 3 aromatic rings. The molecule has 32 heavy (non-hydrogen) atoms. The van der Waals surface area contributed by atoms with Crippen molar-refractivity contribution in [3.05, 3.63) is 58.4 Å². The van der Waals surface area contributed by atoms with Gasteiger partial charge in [-0.2, -0.15) is 0 Å². The summed E-state index contributed by atoms with van der Waals surface area (Å²) in [6.45, 7) is 5.81. The highest BCUT2D eigenvalue weighted by atomic mass is 35.5. The minimum Gasteiger partial charge on any atom is -0.492 e. The number of carbonyl (C=O) groups excluding carboxylic acids is 1. The van der Waals surface area contributed by atoms with E-state index in [9.17, 15) is 4.79 Å². The number of amides is 1. The van der Waals surface area contributed by atoms with Gasteiger partial charge in [-0.05, 0) is 62.1 Å². The third-order valence-electron chi connectivity index (χ3n) is 6.35. The first-order chi connectivity index (χ1) is 15.5. The predicted molar refractivity (Wildman–Crippen MR) is 129 cm³/mol. The van der Waals surface area contributed by atoms with Crippen LogP contribution in [0.2, 0.25) is 5.02 Å². The van der Waals surface area contributed by atoms with Crippen LogP contribution in [0.3, 0.4) is 0 Å². The van der Waals surface area contributed by atoms with Crippen molar-refractivity contribution in [2.75, 3.05) is 13.2 Å². The third-order valence-corrected chi connectivity index (χ3v) is 6.95. The first-order valence-corrected chi connectivity index (χ1v) is 12.0. The number of imidazole rings is 1. The molecule has 1 heterocycles. The number of aromatic nitrogens is 2. The SMILES string of the molecule is Cc1cc(OCCn2c(CCNC(=O)C3CCCCC3)nc3ccccc32)cc(C)c1Cl. The fourth-order valence-corrected chi connectivity index (χ4v) is 4.73. The van der Waals surface area contributed by atoms with Crippen molar-refractivity contribution in [2.45, 2.75) is 58.9 Å². The highest BCUT2D eigenvalue weighted by Crippen LogP contribution is 2.26. The van der Waals surface area contributed by atoms with Crippen LogP contribution in [-0.4, -0.2) is 28.6 Å². The smallest absolute Gasteiger partial charge is 0.223 e. The maximum absolute atomic E-state index is 12.5. The summed E-state index contributed by atoms with van der Waals surface area (Å²) in [5, 5.41) is 3.92. The summed E-state index contributed by atoms with van der Waals surface area (Å²) < 4.78 is 8.25. The Hall–Kier alpha value is -2.53. The van der Waals surface area contributed by atoms with Crippen LogP contribution in [0, 0.1) is 19.8 Å². The number of aryl methyl sites for hydroxylation is 2. The lowest BCUT2D eigenvalue weighted by atomic mass is 9.89. The van der Waals surface area contributed by atoms with E-state index in [1.807, 2.05) is 44.2 Å². The van der Waals surface area contributed by atoms with Gasteiger partial charge in [0, 0.05) is 23.9 Å². The summed E-state index contributed by atoms with van der Waals surface area (Å²) in [4.78, 5) is 17.3. The Kier molecular flexibility index (Phi) is 7.36. The van der Waals surface area contributed by atoms with E-state index in [-0.39, 0.29) is 11.8 Å². The fraction of sp³-hybridized carbons (Fsp3) is 0.462. The van der Waals surface area contributed by atoms with Crippen molar-refractivity contribution < 1.29 is 9.53 Å². The van der Waals surface area contributed by atoms with Crippen LogP contribution in [0.1, 0.15) is 49.1 Å². The molecule has 0 bridgehead atoms. The number of nitrogens with one attached hydrogen (secondary N) is 1. The first-order valence-electron chi connectivity index (χ1n) is 11.6. The molecule has 0 spiro atoms. The molecule has 1 aromatic heterocycles. The molecule has 1 saturated carbocycles. The molecule has 6 heteroatoms. The van der Waals surface area contributed by atoms with E-state index in [1.165, 1.54) is 19.3 Å². The van der Waals surface area contributed by atoms with Crippen molar-refractivity contribution in [1.29, 1.82) is 0 Å². The minimum atomic E-state index is 0.183. The molecule has 1 fully saturated rings. The average molecular weight is 454 g/mol. The van der Waals surface area contributed by atoms with E-state index in [4.69, 9.17) is 21.3 Å². The number of benzene rings is 2. The molecule has 1 aliphatic carbocycles. The zero-order valence-electron chi connectivity index (χ0n) is 19.0. The van der Waals surface area contributed by atoms with Gasteiger partial charge < -0.3 is 14.6 Å². The third kappa shape index (κ3) is 5.26. The highest BCUT2D eigenvalue weighted by Gasteiger charge is 2.20. The Morgan fingerprint density at radius 3 is 2.62 bits per heavy atom. The quantitative estimate of drug-likeness (QED) is 0.481. The van der Waals surface area contributed by atoms with Crippen molar-refractivity contribution in [3.63, 3.8) is 0 Å². The molecule has 1 amide bonds. The van der Waals surface area contributed by atoms with Crippen LogP contribution in [-0.2, 0) is 17.8 Å². The van der Waals surface area contributed by atoms with Gasteiger partial charge in [-0.15, -0.1) is 0 Å². The summed E-state index contributed by atoms with van der Waals surface area (Å²) in [7, 11) is 0. The van der Waals surface area contributed by atoms with Crippen molar-refractivity contribution in [3.8, 4) is 5.75 Å². The molecule has 0 aliphatic heterocycles. The van der Waals surface area contributed by atoms with E-state index in [1.54, 1.807) is 0 Å². The predicted octanol–water partition coefficient (Wildman–Crippen LogP) is 5.62. The normalized spacial score (nSPS) is 14.6. The molecule has 170 valence electrons. The number of fused-ring (bicyclic) bond motifs is 1. The van der Waals surface area contributed by atoms with Gasteiger partial charge in [0.15, 0.2) is 0 Å². The molecular weight excluding hydrogens is 422 g/mol. The average Bonchev–Trinajstić information content (AvgIpc) is 3.15. The Morgan fingerprint density at radius 2 is 1.88 bits per heavy atom. The van der Waals surface area contributed by atoms with Crippen LogP contribution in [0.5, 0.6) is 5.75 Å². The Labute approximate surface area is 195 Å². The van der Waals surface area contributed by atoms with E-state index in [0.29, 0.717) is 26.1 Å². The van der Waals surface area contributed by atoms with Gasteiger partial charge in [0.2, 0.25) is 5.91 Å². The maximum atomic E-state index is 12.5. The fourth-order valence-electron chi connectivity index (χ4n) is 4.62. The molecule has 0 unspecified atom stereocenters. The zero-order chi connectivity index (χ0) is 22.5. The molecule has 0 radical (unpaired) electrons. The second-order valence-electron chi connectivity index (χ2n) is 8.76. The van der Waals surface area contributed by atoms with Gasteiger partial charge >= 0.3 is 0 Å². The van der Waals surface area contributed by atoms with E-state index >= 15 is 0 Å². The van der Waals surface area contributed by atoms with E-state index in [0.717, 1.165) is 51.6 Å². The lowest BCUT2D eigenvalue weighted by Crippen LogP contribution is -2.33. The number of carbonyl (C=O) groups is 1. The monoisotopic (exact) mass is 453 g/mol. The number of halogens is 1. The van der Waals surface area contributed by atoms with Crippen LogP contribution >= 0.6 is 11.6 Å². The summed E-state index contributed by atoms with van der Waals surface area (Å²) in [6, 6.07) is 12.1. The molecule has 2 aromatic carbocycles. The van der Waals surface area contributed by atoms with Crippen molar-refractivity contribution in [2.24, 2.45) is 5.92 Å². The molecule has 0 saturated heterocycles. The van der Waals surface area contributed by atoms with Gasteiger partial charge in [0.25, 0.3) is 0 Å². The van der Waals surface area contributed by atoms with Crippen LogP contribution in [0.4, 0.5) is 0 Å². The lowest BCUT2D eigenvalue weighted by molar-refractivity contribution is -0.125. The Balaban J connectivity index is 1.40. The second kappa shape index (κ2) is 10.4. The van der Waals surface area contributed by atoms with Gasteiger partial charge in [-0.25, -0.2) is 4.98 Å². The number of para-hydroxylation sites is 2. The molecule has 5 nitrogen and oxygen atoms in total. The largest absolute Gasteiger partial charge is 0.492 e. The molecule has 1 N–H and O–H groups in total. The van der Waals surface area contributed by atoms with Gasteiger partial charge in [-0.1, -0.05) is 43.0 Å². The Morgan fingerprint density at radius 1 is 1.16 bits per heavy atom. The Bertz CT molecular complexity index is 1060. The highest BCUT2D eigenvalue weighted by molar-refractivity contribution is 6.32. The topological polar surface area (TPSA) is 56.1 Å². The number of hydrogen-bond donors (Lipinski definition) is 1. The number of nitrogens with zero attached hydrogens (tertiary/aromatic N) is 2. The van der Waals surface area contributed by atoms with Crippen LogP contribution in [0.25, 0.3) is 11.0 Å². The standard InChI is InChI=1S/C26H32ClN3O2/c1-18-16-21(17-19(2)25(18)27)32-15-14-30-23-11-7-6-10-22(23)29-24(30)12-13-28-26(31)20-8-4-3-5-9-20/h6-7,10-11,16-17,20H,3-5,8-9,12-15H2,1-2H3,(H,28,31). The molecular formula is C26H32ClN3O2. The summed E-state index contributed by atoms with van der Waals surface area (Å²) in [6.07, 6.45) is 6.33. The molecule has 0 atom stereocenters. The van der Waals surface area contributed by atoms with Crippen molar-refractivity contribution in [1.82, 2.24) is 14.9 Å². The minimum absolute atomic E-state index is 0.183. The number of rotatable bonds is 8. The van der Waals surface area contributed by atoms with E-state index in [2.05, 4.69) is 16.0 Å². The van der Waals surface area contributed by atoms with Crippen molar-refractivity contribution >= 4 is 28.5 Å². The first kappa shape index (κ1) is 22.7.